The Kier molecular flexibility index (Phi) is 7.47. The Morgan fingerprint density at radius 3 is 2.42 bits per heavy atom. The Hall–Kier alpha value is -2.85. The first-order valence-corrected chi connectivity index (χ1v) is 11.7. The average molecular weight is 511 g/mol. The highest BCUT2D eigenvalue weighted by Gasteiger charge is 2.54. The van der Waals surface area contributed by atoms with E-state index in [1.807, 2.05) is 0 Å². The summed E-state index contributed by atoms with van der Waals surface area (Å²) < 4.78 is 76.2. The molecule has 5 atom stereocenters. The van der Waals surface area contributed by atoms with Crippen molar-refractivity contribution in [2.45, 2.75) is 56.8 Å². The van der Waals surface area contributed by atoms with Gasteiger partial charge in [-0.2, -0.15) is 13.2 Å². The van der Waals surface area contributed by atoms with Crippen LogP contribution in [0, 0.1) is 11.7 Å². The van der Waals surface area contributed by atoms with E-state index in [9.17, 15) is 31.5 Å². The highest BCUT2D eigenvalue weighted by molar-refractivity contribution is 5.94. The third kappa shape index (κ3) is 5.29. The molecular formula is C26H27F5N2O3. The van der Waals surface area contributed by atoms with Crippen LogP contribution in [0.1, 0.15) is 31.9 Å². The summed E-state index contributed by atoms with van der Waals surface area (Å²) in [5.41, 5.74) is 0.498. The number of fused-ring (bicyclic) bond motifs is 1. The zero-order chi connectivity index (χ0) is 26.2. The van der Waals surface area contributed by atoms with Crippen molar-refractivity contribution in [3.05, 3.63) is 59.9 Å². The Morgan fingerprint density at radius 1 is 1.14 bits per heavy atom. The van der Waals surface area contributed by atoms with Crippen LogP contribution in [-0.2, 0) is 14.3 Å². The second kappa shape index (κ2) is 10.3. The van der Waals surface area contributed by atoms with Gasteiger partial charge < -0.3 is 9.64 Å². The number of alkyl halides is 4. The van der Waals surface area contributed by atoms with E-state index in [1.54, 1.807) is 19.9 Å². The van der Waals surface area contributed by atoms with Gasteiger partial charge in [-0.3, -0.25) is 14.9 Å². The number of carbonyl (C=O) groups is 2. The topological polar surface area (TPSA) is 58.6 Å². The molecule has 2 aliphatic heterocycles. The van der Waals surface area contributed by atoms with Gasteiger partial charge in [-0.15, -0.1) is 0 Å². The molecule has 1 N–H and O–H groups in total. The minimum atomic E-state index is -4.77. The molecule has 5 nitrogen and oxygen atoms in total. The molecular weight excluding hydrogens is 483 g/mol. The highest BCUT2D eigenvalue weighted by atomic mass is 19.4. The minimum Gasteiger partial charge on any atom is -0.365 e. The van der Waals surface area contributed by atoms with Crippen molar-refractivity contribution in [1.82, 2.24) is 10.2 Å². The standard InChI is InChI=1S/C26H27F5N2O3/c1-14(2)11-20(25(35)33-12-19(28)23-22(33)21(34)13-36-23)32-24(26(29,30)31)16-9-7-15(8-10-16)17-5-3-4-6-18(17)27/h3-10,14,19-20,22-24,32H,11-13H2,1-2H3/t19-,20-,22+,23+,24-/m0/s1. The number of amides is 1. The van der Waals surface area contributed by atoms with Crippen molar-refractivity contribution in [2.75, 3.05) is 13.2 Å². The monoisotopic (exact) mass is 510 g/mol. The Bertz CT molecular complexity index is 1110. The van der Waals surface area contributed by atoms with Crippen LogP contribution in [0.2, 0.25) is 0 Å². The number of rotatable bonds is 7. The lowest BCUT2D eigenvalue weighted by Gasteiger charge is -2.32. The Balaban J connectivity index is 1.61. The van der Waals surface area contributed by atoms with Crippen molar-refractivity contribution in [2.24, 2.45) is 5.92 Å². The van der Waals surface area contributed by atoms with Crippen LogP contribution in [-0.4, -0.2) is 60.3 Å². The largest absolute Gasteiger partial charge is 0.407 e. The van der Waals surface area contributed by atoms with Crippen molar-refractivity contribution >= 4 is 11.7 Å². The van der Waals surface area contributed by atoms with E-state index in [0.29, 0.717) is 5.56 Å². The molecule has 0 aliphatic carbocycles. The van der Waals surface area contributed by atoms with Gasteiger partial charge in [-0.05, 0) is 29.5 Å². The van der Waals surface area contributed by atoms with E-state index in [0.717, 1.165) is 4.90 Å². The van der Waals surface area contributed by atoms with Crippen LogP contribution in [0.25, 0.3) is 11.1 Å². The zero-order valence-electron chi connectivity index (χ0n) is 19.8. The summed E-state index contributed by atoms with van der Waals surface area (Å²) in [5.74, 6) is -1.90. The molecule has 0 bridgehead atoms. The van der Waals surface area contributed by atoms with Crippen LogP contribution in [0.15, 0.2) is 48.5 Å². The van der Waals surface area contributed by atoms with Gasteiger partial charge in [0.2, 0.25) is 5.91 Å². The average Bonchev–Trinajstić information content (AvgIpc) is 3.36. The molecule has 0 unspecified atom stereocenters. The van der Waals surface area contributed by atoms with E-state index in [-0.39, 0.29) is 30.1 Å². The first-order chi connectivity index (χ1) is 17.0. The number of hydrogen-bond acceptors (Lipinski definition) is 4. The molecule has 0 aromatic heterocycles. The van der Waals surface area contributed by atoms with Gasteiger partial charge in [-0.25, -0.2) is 8.78 Å². The Morgan fingerprint density at radius 2 is 1.81 bits per heavy atom. The van der Waals surface area contributed by atoms with E-state index >= 15 is 0 Å². The first kappa shape index (κ1) is 26.2. The summed E-state index contributed by atoms with van der Waals surface area (Å²) >= 11 is 0. The number of ketones is 1. The summed E-state index contributed by atoms with van der Waals surface area (Å²) in [5, 5.41) is 2.43. The minimum absolute atomic E-state index is 0.0403. The number of halogens is 5. The molecule has 1 amide bonds. The molecule has 4 rings (SSSR count). The van der Waals surface area contributed by atoms with E-state index in [2.05, 4.69) is 5.32 Å². The fraction of sp³-hybridized carbons (Fsp3) is 0.462. The van der Waals surface area contributed by atoms with E-state index in [4.69, 9.17) is 4.74 Å². The second-order valence-corrected chi connectivity index (χ2v) is 9.62. The van der Waals surface area contributed by atoms with Crippen molar-refractivity contribution < 1.29 is 36.3 Å². The van der Waals surface area contributed by atoms with Gasteiger partial charge in [0.15, 0.2) is 5.78 Å². The van der Waals surface area contributed by atoms with Gasteiger partial charge in [0.25, 0.3) is 0 Å². The summed E-state index contributed by atoms with van der Waals surface area (Å²) in [6.07, 6.45) is -7.41. The number of Topliss-reactive ketones (excluding diaryl/α,β-unsaturated/α-hetero) is 1. The van der Waals surface area contributed by atoms with Gasteiger partial charge in [0.05, 0.1) is 12.6 Å². The molecule has 0 radical (unpaired) electrons. The molecule has 0 saturated carbocycles. The summed E-state index contributed by atoms with van der Waals surface area (Å²) in [6, 6.07) is 6.52. The molecule has 2 heterocycles. The van der Waals surface area contributed by atoms with Gasteiger partial charge in [0.1, 0.15) is 36.8 Å². The van der Waals surface area contributed by atoms with Crippen molar-refractivity contribution in [1.29, 1.82) is 0 Å². The van der Waals surface area contributed by atoms with Crippen LogP contribution in [0.5, 0.6) is 0 Å². The lowest BCUT2D eigenvalue weighted by molar-refractivity contribution is -0.163. The SMILES string of the molecule is CC(C)C[C@H](N[C@@H](c1ccc(-c2ccccc2F)cc1)C(F)(F)F)C(=O)N1C[C@H](F)[C@H]2OCC(=O)[C@H]21. The van der Waals surface area contributed by atoms with Gasteiger partial charge >= 0.3 is 6.18 Å². The maximum atomic E-state index is 14.4. The molecule has 2 fully saturated rings. The number of hydrogen-bond donors (Lipinski definition) is 1. The quantitative estimate of drug-likeness (QED) is 0.553. The lowest BCUT2D eigenvalue weighted by atomic mass is 9.97. The molecule has 10 heteroatoms. The fourth-order valence-electron chi connectivity index (χ4n) is 4.87. The maximum absolute atomic E-state index is 14.4. The van der Waals surface area contributed by atoms with Crippen LogP contribution >= 0.6 is 0 Å². The summed E-state index contributed by atoms with van der Waals surface area (Å²) in [6.45, 7) is 2.76. The third-order valence-electron chi connectivity index (χ3n) is 6.53. The molecule has 2 saturated heterocycles. The first-order valence-electron chi connectivity index (χ1n) is 11.7. The molecule has 194 valence electrons. The second-order valence-electron chi connectivity index (χ2n) is 9.62. The van der Waals surface area contributed by atoms with Crippen LogP contribution in [0.4, 0.5) is 22.0 Å². The van der Waals surface area contributed by atoms with Gasteiger partial charge in [-0.1, -0.05) is 56.3 Å². The van der Waals surface area contributed by atoms with E-state index in [1.165, 1.54) is 42.5 Å². The molecule has 2 aromatic carbocycles. The molecule has 36 heavy (non-hydrogen) atoms. The number of carbonyl (C=O) groups excluding carboxylic acids is 2. The van der Waals surface area contributed by atoms with Crippen molar-refractivity contribution in [3.63, 3.8) is 0 Å². The van der Waals surface area contributed by atoms with E-state index < -0.39 is 60.6 Å². The number of ether oxygens (including phenoxy) is 1. The predicted octanol–water partition coefficient (Wildman–Crippen LogP) is 4.62. The van der Waals surface area contributed by atoms with Gasteiger partial charge in [0, 0.05) is 5.56 Å². The molecule has 2 aromatic rings. The summed E-state index contributed by atoms with van der Waals surface area (Å²) in [7, 11) is 0. The third-order valence-corrected chi connectivity index (χ3v) is 6.53. The summed E-state index contributed by atoms with van der Waals surface area (Å²) in [4.78, 5) is 26.6. The molecule has 2 aliphatic rings. The van der Waals surface area contributed by atoms with Crippen LogP contribution in [0.3, 0.4) is 0 Å². The number of likely N-dealkylation sites (tertiary alicyclic amines) is 1. The molecule has 0 spiro atoms. The Labute approximate surface area is 205 Å². The number of nitrogens with zero attached hydrogens (tertiary/aromatic N) is 1. The smallest absolute Gasteiger partial charge is 0.365 e. The fourth-order valence-corrected chi connectivity index (χ4v) is 4.87. The number of benzene rings is 2. The number of nitrogens with one attached hydrogen (secondary N) is 1. The highest BCUT2D eigenvalue weighted by Crippen LogP contribution is 2.36. The maximum Gasteiger partial charge on any atom is 0.407 e. The zero-order valence-corrected chi connectivity index (χ0v) is 19.8. The normalized spacial score (nSPS) is 23.7. The van der Waals surface area contributed by atoms with Crippen molar-refractivity contribution in [3.8, 4) is 11.1 Å². The lowest BCUT2D eigenvalue weighted by Crippen LogP contribution is -2.53. The van der Waals surface area contributed by atoms with Crippen LogP contribution < -0.4 is 5.32 Å². The predicted molar refractivity (Wildman–Crippen MR) is 122 cm³/mol.